The van der Waals surface area contributed by atoms with Crippen molar-refractivity contribution in [2.45, 2.75) is 37.8 Å². The first-order valence-corrected chi connectivity index (χ1v) is 7.15. The Labute approximate surface area is 118 Å². The number of rotatable bonds is 3. The molecular formula is C16H20N2O2. The van der Waals surface area contributed by atoms with Crippen LogP contribution in [0, 0.1) is 5.92 Å². The van der Waals surface area contributed by atoms with Crippen molar-refractivity contribution in [3.8, 4) is 5.75 Å². The van der Waals surface area contributed by atoms with Crippen LogP contribution in [0.5, 0.6) is 5.75 Å². The van der Waals surface area contributed by atoms with Gasteiger partial charge in [0.15, 0.2) is 0 Å². The van der Waals surface area contributed by atoms with E-state index in [2.05, 4.69) is 9.55 Å². The maximum Gasteiger partial charge on any atom is 0.115 e. The molecule has 4 nitrogen and oxygen atoms in total. The molecule has 3 rings (SSSR count). The first kappa shape index (κ1) is 13.2. The van der Waals surface area contributed by atoms with Crippen molar-refractivity contribution in [2.75, 3.05) is 0 Å². The number of phenolic OH excluding ortho intramolecular Hbond substituents is 1. The van der Waals surface area contributed by atoms with Crippen LogP contribution in [0.3, 0.4) is 0 Å². The number of aromatic hydroxyl groups is 1. The molecule has 20 heavy (non-hydrogen) atoms. The molecule has 1 saturated carbocycles. The minimum Gasteiger partial charge on any atom is -0.508 e. The van der Waals surface area contributed by atoms with Crippen molar-refractivity contribution < 1.29 is 10.2 Å². The Morgan fingerprint density at radius 1 is 1.20 bits per heavy atom. The molecular weight excluding hydrogens is 252 g/mol. The molecule has 1 aliphatic carbocycles. The van der Waals surface area contributed by atoms with E-state index >= 15 is 0 Å². The van der Waals surface area contributed by atoms with E-state index < -0.39 is 0 Å². The van der Waals surface area contributed by atoms with Crippen molar-refractivity contribution in [1.29, 1.82) is 0 Å². The van der Waals surface area contributed by atoms with Crippen LogP contribution in [-0.2, 0) is 6.54 Å². The average molecular weight is 272 g/mol. The van der Waals surface area contributed by atoms with E-state index in [1.165, 1.54) is 5.56 Å². The van der Waals surface area contributed by atoms with E-state index in [1.807, 2.05) is 24.7 Å². The summed E-state index contributed by atoms with van der Waals surface area (Å²) >= 11 is 0. The number of imidazole rings is 1. The largest absolute Gasteiger partial charge is 0.508 e. The molecule has 0 radical (unpaired) electrons. The van der Waals surface area contributed by atoms with Crippen LogP contribution >= 0.6 is 0 Å². The van der Waals surface area contributed by atoms with Gasteiger partial charge in [-0.2, -0.15) is 0 Å². The summed E-state index contributed by atoms with van der Waals surface area (Å²) in [5, 5.41) is 19.4. The first-order valence-electron chi connectivity index (χ1n) is 7.15. The Bertz CT molecular complexity index is 536. The summed E-state index contributed by atoms with van der Waals surface area (Å²) in [6.45, 7) is 0.929. The first-order chi connectivity index (χ1) is 9.72. The Morgan fingerprint density at radius 3 is 2.70 bits per heavy atom. The van der Waals surface area contributed by atoms with E-state index in [9.17, 15) is 10.2 Å². The van der Waals surface area contributed by atoms with Crippen molar-refractivity contribution >= 4 is 0 Å². The highest BCUT2D eigenvalue weighted by atomic mass is 16.3. The average Bonchev–Trinajstić information content (AvgIpc) is 2.95. The van der Waals surface area contributed by atoms with Gasteiger partial charge in [-0.1, -0.05) is 12.1 Å². The minimum atomic E-state index is -0.215. The molecule has 0 saturated heterocycles. The molecule has 2 N–H and O–H groups in total. The third-order valence-electron chi connectivity index (χ3n) is 4.29. The number of aromatic nitrogens is 2. The minimum absolute atomic E-state index is 0.215. The summed E-state index contributed by atoms with van der Waals surface area (Å²) < 4.78 is 2.11. The second-order valence-corrected chi connectivity index (χ2v) is 5.68. The number of aliphatic hydroxyl groups excluding tert-OH is 1. The molecule has 106 valence electrons. The molecule has 1 fully saturated rings. The SMILES string of the molecule is Oc1ccc(C2C[C@@H](O)CC[C@@H]2Cn2ccnc2)cc1. The maximum absolute atomic E-state index is 9.97. The summed E-state index contributed by atoms with van der Waals surface area (Å²) in [6.07, 6.45) is 8.10. The smallest absolute Gasteiger partial charge is 0.115 e. The highest BCUT2D eigenvalue weighted by Gasteiger charge is 2.30. The number of nitrogens with zero attached hydrogens (tertiary/aromatic N) is 2. The predicted molar refractivity (Wildman–Crippen MR) is 76.4 cm³/mol. The Morgan fingerprint density at radius 2 is 2.00 bits per heavy atom. The van der Waals surface area contributed by atoms with Gasteiger partial charge < -0.3 is 14.8 Å². The van der Waals surface area contributed by atoms with Gasteiger partial charge in [-0.15, -0.1) is 0 Å². The van der Waals surface area contributed by atoms with Crippen LogP contribution in [0.4, 0.5) is 0 Å². The highest BCUT2D eigenvalue weighted by Crippen LogP contribution is 2.39. The number of benzene rings is 1. The zero-order chi connectivity index (χ0) is 13.9. The van der Waals surface area contributed by atoms with Gasteiger partial charge in [0.25, 0.3) is 0 Å². The van der Waals surface area contributed by atoms with Gasteiger partial charge in [0, 0.05) is 18.9 Å². The van der Waals surface area contributed by atoms with E-state index in [0.717, 1.165) is 25.8 Å². The third-order valence-corrected chi connectivity index (χ3v) is 4.29. The molecule has 0 spiro atoms. The maximum atomic E-state index is 9.97. The molecule has 0 bridgehead atoms. The van der Waals surface area contributed by atoms with Crippen molar-refractivity contribution in [3.05, 3.63) is 48.5 Å². The second kappa shape index (κ2) is 5.67. The molecule has 0 amide bonds. The van der Waals surface area contributed by atoms with E-state index in [1.54, 1.807) is 18.3 Å². The van der Waals surface area contributed by atoms with Gasteiger partial charge in [-0.25, -0.2) is 4.98 Å². The van der Waals surface area contributed by atoms with E-state index in [4.69, 9.17) is 0 Å². The van der Waals surface area contributed by atoms with Crippen molar-refractivity contribution in [2.24, 2.45) is 5.92 Å². The standard InChI is InChI=1S/C16H20N2O2/c19-14-4-1-12(2-5-14)16-9-15(20)6-3-13(16)10-18-8-7-17-11-18/h1-2,4-5,7-8,11,13,15-16,19-20H,3,6,9-10H2/t13-,15+,16?/m1/s1. The third kappa shape index (κ3) is 2.85. The summed E-state index contributed by atoms with van der Waals surface area (Å²) in [5.74, 6) is 1.12. The predicted octanol–water partition coefficient (Wildman–Crippen LogP) is 2.53. The zero-order valence-corrected chi connectivity index (χ0v) is 11.4. The zero-order valence-electron chi connectivity index (χ0n) is 11.4. The fourth-order valence-electron chi connectivity index (χ4n) is 3.22. The van der Waals surface area contributed by atoms with Gasteiger partial charge in [0.05, 0.1) is 12.4 Å². The quantitative estimate of drug-likeness (QED) is 0.902. The molecule has 1 aromatic carbocycles. The van der Waals surface area contributed by atoms with Crippen LogP contribution in [0.15, 0.2) is 43.0 Å². The number of hydrogen-bond donors (Lipinski definition) is 2. The summed E-state index contributed by atoms with van der Waals surface area (Å²) in [6, 6.07) is 7.40. The van der Waals surface area contributed by atoms with Gasteiger partial charge in [-0.3, -0.25) is 0 Å². The summed E-state index contributed by atoms with van der Waals surface area (Å²) in [4.78, 5) is 4.09. The lowest BCUT2D eigenvalue weighted by Crippen LogP contribution is -2.29. The summed E-state index contributed by atoms with van der Waals surface area (Å²) in [5.41, 5.74) is 1.20. The van der Waals surface area contributed by atoms with Gasteiger partial charge in [-0.05, 0) is 48.8 Å². The molecule has 2 aromatic rings. The lowest BCUT2D eigenvalue weighted by molar-refractivity contribution is 0.0884. The van der Waals surface area contributed by atoms with Crippen molar-refractivity contribution in [3.63, 3.8) is 0 Å². The lowest BCUT2D eigenvalue weighted by atomic mass is 9.74. The van der Waals surface area contributed by atoms with E-state index in [0.29, 0.717) is 11.8 Å². The Balaban J connectivity index is 1.81. The topological polar surface area (TPSA) is 58.3 Å². The number of phenols is 1. The Kier molecular flexibility index (Phi) is 3.74. The number of aliphatic hydroxyl groups is 1. The molecule has 1 aromatic heterocycles. The highest BCUT2D eigenvalue weighted by molar-refractivity contribution is 5.29. The van der Waals surface area contributed by atoms with Crippen LogP contribution < -0.4 is 0 Å². The van der Waals surface area contributed by atoms with Gasteiger partial charge in [0.1, 0.15) is 5.75 Å². The molecule has 3 atom stereocenters. The molecule has 1 unspecified atom stereocenters. The Hall–Kier alpha value is -1.81. The molecule has 0 aliphatic heterocycles. The van der Waals surface area contributed by atoms with Crippen LogP contribution in [0.1, 0.15) is 30.7 Å². The fourth-order valence-corrected chi connectivity index (χ4v) is 3.22. The molecule has 1 heterocycles. The second-order valence-electron chi connectivity index (χ2n) is 5.68. The fraction of sp³-hybridized carbons (Fsp3) is 0.438. The van der Waals surface area contributed by atoms with Crippen molar-refractivity contribution in [1.82, 2.24) is 9.55 Å². The van der Waals surface area contributed by atoms with Crippen LogP contribution in [0.25, 0.3) is 0 Å². The lowest BCUT2D eigenvalue weighted by Gasteiger charge is -2.34. The van der Waals surface area contributed by atoms with Gasteiger partial charge >= 0.3 is 0 Å². The molecule has 4 heteroatoms. The molecule has 1 aliphatic rings. The van der Waals surface area contributed by atoms with Crippen LogP contribution in [0.2, 0.25) is 0 Å². The summed E-state index contributed by atoms with van der Waals surface area (Å²) in [7, 11) is 0. The van der Waals surface area contributed by atoms with Gasteiger partial charge in [0.2, 0.25) is 0 Å². The van der Waals surface area contributed by atoms with Crippen LogP contribution in [-0.4, -0.2) is 25.9 Å². The number of hydrogen-bond acceptors (Lipinski definition) is 3. The van der Waals surface area contributed by atoms with E-state index in [-0.39, 0.29) is 11.9 Å². The normalized spacial score (nSPS) is 26.6. The monoisotopic (exact) mass is 272 g/mol.